The van der Waals surface area contributed by atoms with Crippen molar-refractivity contribution < 1.29 is 10.2 Å². The van der Waals surface area contributed by atoms with E-state index in [1.807, 2.05) is 24.3 Å². The Morgan fingerprint density at radius 3 is 2.65 bits per heavy atom. The first-order chi connectivity index (χ1) is 8.25. The van der Waals surface area contributed by atoms with Gasteiger partial charge in [-0.1, -0.05) is 24.3 Å². The van der Waals surface area contributed by atoms with Crippen LogP contribution in [0.25, 0.3) is 0 Å². The highest BCUT2D eigenvalue weighted by atomic mass is 16.3. The van der Waals surface area contributed by atoms with Gasteiger partial charge in [-0.05, 0) is 29.3 Å². The Labute approximate surface area is 99.4 Å². The third-order valence-electron chi connectivity index (χ3n) is 3.18. The molecular formula is C14H13NO2. The van der Waals surface area contributed by atoms with E-state index in [1.165, 1.54) is 0 Å². The van der Waals surface area contributed by atoms with Crippen LogP contribution in [0.1, 0.15) is 22.7 Å². The molecule has 2 aromatic rings. The van der Waals surface area contributed by atoms with Crippen molar-refractivity contribution in [1.29, 1.82) is 0 Å². The molecule has 2 aromatic carbocycles. The Kier molecular flexibility index (Phi) is 2.27. The predicted molar refractivity (Wildman–Crippen MR) is 64.9 cm³/mol. The number of hydrogen-bond donors (Lipinski definition) is 3. The first-order valence-electron chi connectivity index (χ1n) is 5.59. The lowest BCUT2D eigenvalue weighted by molar-refractivity contribution is 0.460. The second-order valence-corrected chi connectivity index (χ2v) is 4.26. The fourth-order valence-corrected chi connectivity index (χ4v) is 2.36. The van der Waals surface area contributed by atoms with Crippen LogP contribution in [0.5, 0.6) is 11.5 Å². The minimum Gasteiger partial charge on any atom is -0.508 e. The highest BCUT2D eigenvalue weighted by molar-refractivity contribution is 5.47. The van der Waals surface area contributed by atoms with Crippen molar-refractivity contribution >= 4 is 0 Å². The Hall–Kier alpha value is -2.00. The van der Waals surface area contributed by atoms with E-state index in [-0.39, 0.29) is 11.8 Å². The molecule has 0 bridgehead atoms. The van der Waals surface area contributed by atoms with Gasteiger partial charge >= 0.3 is 0 Å². The van der Waals surface area contributed by atoms with Gasteiger partial charge in [0, 0.05) is 12.1 Å². The van der Waals surface area contributed by atoms with Gasteiger partial charge in [0.1, 0.15) is 11.5 Å². The zero-order valence-corrected chi connectivity index (χ0v) is 9.22. The van der Waals surface area contributed by atoms with E-state index in [0.717, 1.165) is 16.7 Å². The molecule has 3 N–H and O–H groups in total. The second kappa shape index (κ2) is 3.79. The number of phenolic OH excluding ortho intramolecular Hbond substituents is 2. The maximum absolute atomic E-state index is 9.86. The highest BCUT2D eigenvalue weighted by Gasteiger charge is 2.25. The van der Waals surface area contributed by atoms with Crippen molar-refractivity contribution in [3.8, 4) is 11.5 Å². The van der Waals surface area contributed by atoms with Gasteiger partial charge in [-0.25, -0.2) is 0 Å². The number of nitrogens with one attached hydrogen (secondary N) is 1. The number of aromatic hydroxyl groups is 2. The molecule has 0 aromatic heterocycles. The average molecular weight is 227 g/mol. The van der Waals surface area contributed by atoms with E-state index in [2.05, 4.69) is 5.32 Å². The highest BCUT2D eigenvalue weighted by Crippen LogP contribution is 2.36. The summed E-state index contributed by atoms with van der Waals surface area (Å²) in [5, 5.41) is 22.6. The van der Waals surface area contributed by atoms with Crippen LogP contribution >= 0.6 is 0 Å². The SMILES string of the molecule is Oc1ccc2c(c1)CNC2c1ccccc1O. The van der Waals surface area contributed by atoms with E-state index < -0.39 is 0 Å². The van der Waals surface area contributed by atoms with Crippen molar-refractivity contribution in [2.24, 2.45) is 0 Å². The largest absolute Gasteiger partial charge is 0.508 e. The molecule has 1 heterocycles. The van der Waals surface area contributed by atoms with Crippen molar-refractivity contribution in [3.63, 3.8) is 0 Å². The van der Waals surface area contributed by atoms with Crippen LogP contribution in [0.2, 0.25) is 0 Å². The normalized spacial score (nSPS) is 18.0. The lowest BCUT2D eigenvalue weighted by atomic mass is 9.98. The number of phenols is 2. The van der Waals surface area contributed by atoms with Crippen molar-refractivity contribution in [3.05, 3.63) is 59.2 Å². The molecular weight excluding hydrogens is 214 g/mol. The first kappa shape index (κ1) is 10.2. The third kappa shape index (κ3) is 1.65. The summed E-state index contributed by atoms with van der Waals surface area (Å²) in [6.45, 7) is 0.711. The van der Waals surface area contributed by atoms with Crippen LogP contribution in [0.15, 0.2) is 42.5 Å². The summed E-state index contributed by atoms with van der Waals surface area (Å²) in [7, 11) is 0. The van der Waals surface area contributed by atoms with Gasteiger partial charge in [0.15, 0.2) is 0 Å². The van der Waals surface area contributed by atoms with Crippen molar-refractivity contribution in [2.45, 2.75) is 12.6 Å². The maximum atomic E-state index is 9.86. The van der Waals surface area contributed by atoms with Gasteiger partial charge in [0.25, 0.3) is 0 Å². The summed E-state index contributed by atoms with van der Waals surface area (Å²) < 4.78 is 0. The summed E-state index contributed by atoms with van der Waals surface area (Å²) >= 11 is 0. The number of hydrogen-bond acceptors (Lipinski definition) is 3. The topological polar surface area (TPSA) is 52.5 Å². The molecule has 3 nitrogen and oxygen atoms in total. The minimum absolute atomic E-state index is 0.00630. The van der Waals surface area contributed by atoms with Gasteiger partial charge in [-0.15, -0.1) is 0 Å². The smallest absolute Gasteiger partial charge is 0.120 e. The van der Waals surface area contributed by atoms with E-state index in [1.54, 1.807) is 18.2 Å². The summed E-state index contributed by atoms with van der Waals surface area (Å²) in [6, 6.07) is 12.7. The Morgan fingerprint density at radius 1 is 1.00 bits per heavy atom. The molecule has 0 aliphatic carbocycles. The van der Waals surface area contributed by atoms with Crippen molar-refractivity contribution in [1.82, 2.24) is 5.32 Å². The van der Waals surface area contributed by atoms with Gasteiger partial charge in [-0.3, -0.25) is 0 Å². The Balaban J connectivity index is 2.07. The number of benzene rings is 2. The molecule has 0 saturated carbocycles. The quantitative estimate of drug-likeness (QED) is 0.700. The molecule has 3 heteroatoms. The Morgan fingerprint density at radius 2 is 1.82 bits per heavy atom. The zero-order chi connectivity index (χ0) is 11.8. The molecule has 0 saturated heterocycles. The zero-order valence-electron chi connectivity index (χ0n) is 9.22. The molecule has 86 valence electrons. The fourth-order valence-electron chi connectivity index (χ4n) is 2.36. The number of fused-ring (bicyclic) bond motifs is 1. The van der Waals surface area contributed by atoms with Crippen molar-refractivity contribution in [2.75, 3.05) is 0 Å². The maximum Gasteiger partial charge on any atom is 0.120 e. The molecule has 1 unspecified atom stereocenters. The molecule has 0 spiro atoms. The Bertz CT molecular complexity index is 566. The molecule has 0 amide bonds. The molecule has 0 radical (unpaired) electrons. The van der Waals surface area contributed by atoms with Crippen LogP contribution in [-0.2, 0) is 6.54 Å². The molecule has 3 rings (SSSR count). The lowest BCUT2D eigenvalue weighted by Crippen LogP contribution is -2.13. The van der Waals surface area contributed by atoms with Crippen LogP contribution < -0.4 is 5.32 Å². The van der Waals surface area contributed by atoms with Gasteiger partial charge in [-0.2, -0.15) is 0 Å². The molecule has 1 aliphatic rings. The van der Waals surface area contributed by atoms with Crippen LogP contribution in [0.3, 0.4) is 0 Å². The second-order valence-electron chi connectivity index (χ2n) is 4.26. The third-order valence-corrected chi connectivity index (χ3v) is 3.18. The summed E-state index contributed by atoms with van der Waals surface area (Å²) in [5.41, 5.74) is 3.07. The van der Waals surface area contributed by atoms with E-state index >= 15 is 0 Å². The van der Waals surface area contributed by atoms with Gasteiger partial charge in [0.05, 0.1) is 6.04 Å². The van der Waals surface area contributed by atoms with E-state index in [9.17, 15) is 10.2 Å². The standard InChI is InChI=1S/C14H13NO2/c16-10-5-6-11-9(7-10)8-15-14(11)12-3-1-2-4-13(12)17/h1-7,14-17H,8H2. The summed E-state index contributed by atoms with van der Waals surface area (Å²) in [5.74, 6) is 0.578. The van der Waals surface area contributed by atoms with E-state index in [4.69, 9.17) is 0 Å². The lowest BCUT2D eigenvalue weighted by Gasteiger charge is -2.14. The predicted octanol–water partition coefficient (Wildman–Crippen LogP) is 2.29. The van der Waals surface area contributed by atoms with Crippen LogP contribution in [0, 0.1) is 0 Å². The number of rotatable bonds is 1. The van der Waals surface area contributed by atoms with Gasteiger partial charge in [0.2, 0.25) is 0 Å². The average Bonchev–Trinajstić information content (AvgIpc) is 2.72. The molecule has 1 aliphatic heterocycles. The minimum atomic E-state index is 0.00630. The monoisotopic (exact) mass is 227 g/mol. The van der Waals surface area contributed by atoms with Crippen LogP contribution in [0.4, 0.5) is 0 Å². The summed E-state index contributed by atoms with van der Waals surface area (Å²) in [6.07, 6.45) is 0. The molecule has 1 atom stereocenters. The van der Waals surface area contributed by atoms with Crippen LogP contribution in [-0.4, -0.2) is 10.2 Å². The molecule has 0 fully saturated rings. The number of para-hydroxylation sites is 1. The van der Waals surface area contributed by atoms with E-state index in [0.29, 0.717) is 12.3 Å². The first-order valence-corrected chi connectivity index (χ1v) is 5.59. The fraction of sp³-hybridized carbons (Fsp3) is 0.143. The summed E-state index contributed by atoms with van der Waals surface area (Å²) in [4.78, 5) is 0. The molecule has 17 heavy (non-hydrogen) atoms. The van der Waals surface area contributed by atoms with Gasteiger partial charge < -0.3 is 15.5 Å².